The number of nitrogens with zero attached hydrogens (tertiary/aromatic N) is 2. The highest BCUT2D eigenvalue weighted by Gasteiger charge is 2.21. The number of nitrogens with one attached hydrogen (secondary N) is 1. The lowest BCUT2D eigenvalue weighted by atomic mass is 9.98. The number of hydrogen-bond donors (Lipinski definition) is 1. The lowest BCUT2D eigenvalue weighted by Crippen LogP contribution is -2.39. The molecule has 0 spiro atoms. The normalized spacial score (nSPS) is 21.4. The van der Waals surface area contributed by atoms with Crippen molar-refractivity contribution in [3.8, 4) is 0 Å². The summed E-state index contributed by atoms with van der Waals surface area (Å²) in [6.07, 6.45) is 2.64. The molecule has 16 heavy (non-hydrogen) atoms. The second-order valence-electron chi connectivity index (χ2n) is 4.65. The Morgan fingerprint density at radius 2 is 2.31 bits per heavy atom. The van der Waals surface area contributed by atoms with E-state index in [1.807, 2.05) is 18.4 Å². The van der Waals surface area contributed by atoms with Gasteiger partial charge in [-0.15, -0.1) is 11.3 Å². The molecule has 0 amide bonds. The van der Waals surface area contributed by atoms with Crippen LogP contribution in [0.2, 0.25) is 0 Å². The van der Waals surface area contributed by atoms with Crippen LogP contribution >= 0.6 is 11.3 Å². The molecule has 0 bridgehead atoms. The van der Waals surface area contributed by atoms with E-state index in [2.05, 4.69) is 29.0 Å². The van der Waals surface area contributed by atoms with E-state index in [0.29, 0.717) is 0 Å². The fraction of sp³-hybridized carbons (Fsp3) is 0.750. The van der Waals surface area contributed by atoms with Crippen molar-refractivity contribution in [2.75, 3.05) is 31.6 Å². The van der Waals surface area contributed by atoms with E-state index in [0.717, 1.165) is 19.0 Å². The molecule has 1 N–H and O–H groups in total. The number of piperidine rings is 1. The first-order valence-corrected chi connectivity index (χ1v) is 6.86. The molecule has 1 fully saturated rings. The van der Waals surface area contributed by atoms with Crippen LogP contribution in [0.4, 0.5) is 5.13 Å². The maximum atomic E-state index is 4.65. The van der Waals surface area contributed by atoms with Gasteiger partial charge in [-0.1, -0.05) is 0 Å². The number of thiazole rings is 1. The zero-order chi connectivity index (χ0) is 11.5. The summed E-state index contributed by atoms with van der Waals surface area (Å²) < 4.78 is 0. The van der Waals surface area contributed by atoms with Crippen molar-refractivity contribution in [2.45, 2.75) is 26.7 Å². The van der Waals surface area contributed by atoms with Crippen molar-refractivity contribution in [3.05, 3.63) is 10.6 Å². The van der Waals surface area contributed by atoms with E-state index in [1.165, 1.54) is 35.1 Å². The van der Waals surface area contributed by atoms with Crippen LogP contribution in [0.1, 0.15) is 23.4 Å². The standard InChI is InChI=1S/C12H21N3S/c1-9-10(2)16-12(14-9)15-6-4-5-11(8-15)7-13-3/h11,13H,4-8H2,1-3H3. The molecule has 4 heteroatoms. The van der Waals surface area contributed by atoms with E-state index in [4.69, 9.17) is 0 Å². The predicted octanol–water partition coefficient (Wildman–Crippen LogP) is 2.20. The van der Waals surface area contributed by atoms with Gasteiger partial charge in [0.15, 0.2) is 5.13 Å². The van der Waals surface area contributed by atoms with Gasteiger partial charge in [-0.05, 0) is 46.2 Å². The first kappa shape index (κ1) is 11.9. The third-order valence-electron chi connectivity index (χ3n) is 3.30. The van der Waals surface area contributed by atoms with Crippen LogP contribution in [0.5, 0.6) is 0 Å². The Balaban J connectivity index is 2.03. The molecule has 1 aromatic rings. The molecule has 0 aliphatic carbocycles. The highest BCUT2D eigenvalue weighted by Crippen LogP contribution is 2.28. The van der Waals surface area contributed by atoms with Gasteiger partial charge < -0.3 is 10.2 Å². The van der Waals surface area contributed by atoms with Gasteiger partial charge in [-0.25, -0.2) is 4.98 Å². The minimum atomic E-state index is 0.781. The van der Waals surface area contributed by atoms with Crippen molar-refractivity contribution in [1.82, 2.24) is 10.3 Å². The van der Waals surface area contributed by atoms with Crippen LogP contribution in [-0.2, 0) is 0 Å². The zero-order valence-electron chi connectivity index (χ0n) is 10.4. The van der Waals surface area contributed by atoms with E-state index < -0.39 is 0 Å². The lowest BCUT2D eigenvalue weighted by molar-refractivity contribution is 0.402. The summed E-state index contributed by atoms with van der Waals surface area (Å²) >= 11 is 1.84. The summed E-state index contributed by atoms with van der Waals surface area (Å²) in [5.41, 5.74) is 1.19. The Morgan fingerprint density at radius 3 is 2.94 bits per heavy atom. The molecule has 1 saturated heterocycles. The predicted molar refractivity (Wildman–Crippen MR) is 70.5 cm³/mol. The Bertz CT molecular complexity index is 327. The summed E-state index contributed by atoms with van der Waals surface area (Å²) in [5, 5.41) is 4.50. The summed E-state index contributed by atoms with van der Waals surface area (Å²) in [4.78, 5) is 8.46. The Kier molecular flexibility index (Phi) is 3.82. The maximum absolute atomic E-state index is 4.65. The zero-order valence-corrected chi connectivity index (χ0v) is 11.2. The molecular formula is C12H21N3S. The third kappa shape index (κ3) is 2.55. The molecule has 1 aliphatic rings. The SMILES string of the molecule is CNCC1CCCN(c2nc(C)c(C)s2)C1. The van der Waals surface area contributed by atoms with Crippen LogP contribution in [-0.4, -0.2) is 31.7 Å². The summed E-state index contributed by atoms with van der Waals surface area (Å²) in [5.74, 6) is 0.781. The molecule has 0 saturated carbocycles. The molecule has 2 heterocycles. The van der Waals surface area contributed by atoms with Gasteiger partial charge in [0.25, 0.3) is 0 Å². The van der Waals surface area contributed by atoms with Crippen LogP contribution in [0.15, 0.2) is 0 Å². The van der Waals surface area contributed by atoms with Gasteiger partial charge in [0.05, 0.1) is 5.69 Å². The highest BCUT2D eigenvalue weighted by molar-refractivity contribution is 7.15. The van der Waals surface area contributed by atoms with Crippen LogP contribution in [0.25, 0.3) is 0 Å². The first-order chi connectivity index (χ1) is 7.70. The van der Waals surface area contributed by atoms with E-state index in [9.17, 15) is 0 Å². The monoisotopic (exact) mass is 239 g/mol. The average molecular weight is 239 g/mol. The largest absolute Gasteiger partial charge is 0.348 e. The fourth-order valence-corrected chi connectivity index (χ4v) is 3.23. The van der Waals surface area contributed by atoms with Crippen LogP contribution < -0.4 is 10.2 Å². The molecule has 1 aromatic heterocycles. The molecular weight excluding hydrogens is 218 g/mol. The molecule has 90 valence electrons. The summed E-state index contributed by atoms with van der Waals surface area (Å²) in [6.45, 7) is 7.72. The summed E-state index contributed by atoms with van der Waals surface area (Å²) in [7, 11) is 2.04. The minimum absolute atomic E-state index is 0.781. The van der Waals surface area contributed by atoms with Crippen molar-refractivity contribution >= 4 is 16.5 Å². The van der Waals surface area contributed by atoms with Crippen LogP contribution in [0.3, 0.4) is 0 Å². The van der Waals surface area contributed by atoms with Gasteiger partial charge in [0.1, 0.15) is 0 Å². The van der Waals surface area contributed by atoms with Gasteiger partial charge >= 0.3 is 0 Å². The van der Waals surface area contributed by atoms with E-state index >= 15 is 0 Å². The number of anilines is 1. The quantitative estimate of drug-likeness (QED) is 0.876. The van der Waals surface area contributed by atoms with Gasteiger partial charge in [-0.2, -0.15) is 0 Å². The molecule has 2 rings (SSSR count). The van der Waals surface area contributed by atoms with E-state index in [-0.39, 0.29) is 0 Å². The Morgan fingerprint density at radius 1 is 1.50 bits per heavy atom. The maximum Gasteiger partial charge on any atom is 0.185 e. The summed E-state index contributed by atoms with van der Waals surface area (Å²) in [6, 6.07) is 0. The van der Waals surface area contributed by atoms with Crippen LogP contribution in [0, 0.1) is 19.8 Å². The number of hydrogen-bond acceptors (Lipinski definition) is 4. The highest BCUT2D eigenvalue weighted by atomic mass is 32.1. The van der Waals surface area contributed by atoms with E-state index in [1.54, 1.807) is 0 Å². The second kappa shape index (κ2) is 5.15. The molecule has 0 radical (unpaired) electrons. The first-order valence-electron chi connectivity index (χ1n) is 6.04. The van der Waals surface area contributed by atoms with Gasteiger partial charge in [-0.3, -0.25) is 0 Å². The van der Waals surface area contributed by atoms with Crippen molar-refractivity contribution in [1.29, 1.82) is 0 Å². The Labute approximate surface area is 102 Å². The topological polar surface area (TPSA) is 28.2 Å². The second-order valence-corrected chi connectivity index (χ2v) is 5.83. The number of aromatic nitrogens is 1. The molecule has 0 aromatic carbocycles. The minimum Gasteiger partial charge on any atom is -0.348 e. The smallest absolute Gasteiger partial charge is 0.185 e. The van der Waals surface area contributed by atoms with Gasteiger partial charge in [0, 0.05) is 18.0 Å². The molecule has 1 unspecified atom stereocenters. The Hall–Kier alpha value is -0.610. The molecule has 3 nitrogen and oxygen atoms in total. The molecule has 1 aliphatic heterocycles. The average Bonchev–Trinajstić information content (AvgIpc) is 2.60. The number of aryl methyl sites for hydroxylation is 2. The lowest BCUT2D eigenvalue weighted by Gasteiger charge is -2.32. The fourth-order valence-electron chi connectivity index (χ4n) is 2.29. The van der Waals surface area contributed by atoms with Crippen molar-refractivity contribution < 1.29 is 0 Å². The van der Waals surface area contributed by atoms with Crippen molar-refractivity contribution in [2.24, 2.45) is 5.92 Å². The third-order valence-corrected chi connectivity index (χ3v) is 4.43. The number of rotatable bonds is 3. The van der Waals surface area contributed by atoms with Crippen molar-refractivity contribution in [3.63, 3.8) is 0 Å². The van der Waals surface area contributed by atoms with Gasteiger partial charge in [0.2, 0.25) is 0 Å². The molecule has 1 atom stereocenters.